The van der Waals surface area contributed by atoms with E-state index in [1.165, 1.54) is 6.92 Å². The lowest BCUT2D eigenvalue weighted by Crippen LogP contribution is -2.28. The summed E-state index contributed by atoms with van der Waals surface area (Å²) < 4.78 is 4.75. The Hall–Kier alpha value is -1.85. The summed E-state index contributed by atoms with van der Waals surface area (Å²) in [5.41, 5.74) is 0.304. The molecule has 0 aromatic carbocycles. The molecule has 0 atom stereocenters. The van der Waals surface area contributed by atoms with Crippen LogP contribution in [0.15, 0.2) is 12.2 Å². The van der Waals surface area contributed by atoms with E-state index in [1.54, 1.807) is 0 Å². The molecule has 6 heteroatoms. The Kier molecular flexibility index (Phi) is 7.41. The van der Waals surface area contributed by atoms with E-state index in [9.17, 15) is 14.4 Å². The molecule has 0 spiro atoms. The van der Waals surface area contributed by atoms with Crippen LogP contribution in [0.25, 0.3) is 0 Å². The second-order valence-electron chi connectivity index (χ2n) is 3.51. The molecule has 0 bridgehead atoms. The molecule has 17 heavy (non-hydrogen) atoms. The maximum Gasteiger partial charge on any atom is 0.333 e. The van der Waals surface area contributed by atoms with Crippen LogP contribution < -0.4 is 5.32 Å². The van der Waals surface area contributed by atoms with E-state index < -0.39 is 11.9 Å². The van der Waals surface area contributed by atoms with E-state index in [-0.39, 0.29) is 31.9 Å². The summed E-state index contributed by atoms with van der Waals surface area (Å²) in [6.07, 6.45) is 0.422. The zero-order valence-electron chi connectivity index (χ0n) is 9.82. The Balaban J connectivity index is 3.48. The molecule has 0 heterocycles. The molecule has 0 unspecified atom stereocenters. The summed E-state index contributed by atoms with van der Waals surface area (Å²) in [4.78, 5) is 32.3. The smallest absolute Gasteiger partial charge is 0.333 e. The lowest BCUT2D eigenvalue weighted by Gasteiger charge is -2.06. The zero-order chi connectivity index (χ0) is 13.3. The van der Waals surface area contributed by atoms with Gasteiger partial charge in [0, 0.05) is 18.4 Å². The number of carboxylic acid groups (broad SMARTS) is 1. The van der Waals surface area contributed by atoms with Crippen molar-refractivity contribution >= 4 is 17.8 Å². The highest BCUT2D eigenvalue weighted by Crippen LogP contribution is 1.95. The maximum atomic E-state index is 11.1. The van der Waals surface area contributed by atoms with Gasteiger partial charge in [0.15, 0.2) is 0 Å². The van der Waals surface area contributed by atoms with Gasteiger partial charge in [0.05, 0.1) is 6.54 Å². The van der Waals surface area contributed by atoms with E-state index >= 15 is 0 Å². The minimum atomic E-state index is -0.923. The number of carboxylic acids is 1. The molecule has 0 saturated heterocycles. The molecular formula is C11H17NO5. The Morgan fingerprint density at radius 3 is 2.47 bits per heavy atom. The van der Waals surface area contributed by atoms with Crippen molar-refractivity contribution in [1.29, 1.82) is 0 Å². The van der Waals surface area contributed by atoms with Gasteiger partial charge in [0.25, 0.3) is 0 Å². The van der Waals surface area contributed by atoms with Crippen molar-refractivity contribution in [2.75, 3.05) is 13.2 Å². The highest BCUT2D eigenvalue weighted by atomic mass is 16.5. The van der Waals surface area contributed by atoms with Crippen LogP contribution in [0.5, 0.6) is 0 Å². The van der Waals surface area contributed by atoms with Gasteiger partial charge in [0.2, 0.25) is 5.91 Å². The van der Waals surface area contributed by atoms with E-state index in [2.05, 4.69) is 11.9 Å². The van der Waals surface area contributed by atoms with Crippen molar-refractivity contribution in [1.82, 2.24) is 5.32 Å². The third-order valence-electron chi connectivity index (χ3n) is 1.80. The second-order valence-corrected chi connectivity index (χ2v) is 3.51. The molecule has 0 fully saturated rings. The van der Waals surface area contributed by atoms with Crippen LogP contribution in [0.1, 0.15) is 26.2 Å². The molecule has 6 nitrogen and oxygen atoms in total. The summed E-state index contributed by atoms with van der Waals surface area (Å²) >= 11 is 0. The van der Waals surface area contributed by atoms with Gasteiger partial charge in [0.1, 0.15) is 6.61 Å². The predicted octanol–water partition coefficient (Wildman–Crippen LogP) is 0.477. The number of ether oxygens (including phenoxy) is 1. The van der Waals surface area contributed by atoms with E-state index in [0.717, 1.165) is 0 Å². The van der Waals surface area contributed by atoms with Crippen LogP contribution in [0, 0.1) is 0 Å². The third kappa shape index (κ3) is 9.10. The fraction of sp³-hybridized carbons (Fsp3) is 0.545. The molecule has 0 radical (unpaired) electrons. The van der Waals surface area contributed by atoms with Crippen molar-refractivity contribution in [3.63, 3.8) is 0 Å². The molecule has 0 aliphatic carbocycles. The summed E-state index contributed by atoms with van der Waals surface area (Å²) in [5, 5.41) is 10.9. The molecule has 0 rings (SSSR count). The molecule has 2 N–H and O–H groups in total. The van der Waals surface area contributed by atoms with Crippen LogP contribution in [-0.2, 0) is 19.1 Å². The Labute approximate surface area is 99.6 Å². The topological polar surface area (TPSA) is 92.7 Å². The number of hydrogen-bond donors (Lipinski definition) is 2. The highest BCUT2D eigenvalue weighted by Gasteiger charge is 2.05. The van der Waals surface area contributed by atoms with Crippen molar-refractivity contribution in [3.05, 3.63) is 12.2 Å². The van der Waals surface area contributed by atoms with Crippen molar-refractivity contribution in [3.8, 4) is 0 Å². The third-order valence-corrected chi connectivity index (χ3v) is 1.80. The Bertz CT molecular complexity index is 311. The summed E-state index contributed by atoms with van der Waals surface area (Å²) in [7, 11) is 0. The first-order valence-corrected chi connectivity index (χ1v) is 5.24. The number of aliphatic carboxylic acids is 1. The molecule has 0 aliphatic rings. The first kappa shape index (κ1) is 15.2. The molecule has 0 aromatic heterocycles. The van der Waals surface area contributed by atoms with Crippen molar-refractivity contribution in [2.24, 2.45) is 0 Å². The quantitative estimate of drug-likeness (QED) is 0.367. The van der Waals surface area contributed by atoms with Gasteiger partial charge in [-0.3, -0.25) is 9.59 Å². The van der Waals surface area contributed by atoms with Gasteiger partial charge in [-0.05, 0) is 13.3 Å². The van der Waals surface area contributed by atoms with Gasteiger partial charge in [-0.25, -0.2) is 4.79 Å². The lowest BCUT2D eigenvalue weighted by molar-refractivity contribution is -0.139. The average Bonchev–Trinajstić information content (AvgIpc) is 2.23. The number of rotatable bonds is 8. The first-order valence-electron chi connectivity index (χ1n) is 5.24. The van der Waals surface area contributed by atoms with E-state index in [0.29, 0.717) is 12.0 Å². The monoisotopic (exact) mass is 243 g/mol. The minimum Gasteiger partial charge on any atom is -0.481 e. The molecular weight excluding hydrogens is 226 g/mol. The van der Waals surface area contributed by atoms with Gasteiger partial charge in [-0.15, -0.1) is 0 Å². The van der Waals surface area contributed by atoms with Crippen LogP contribution in [-0.4, -0.2) is 36.1 Å². The van der Waals surface area contributed by atoms with Gasteiger partial charge >= 0.3 is 11.9 Å². The van der Waals surface area contributed by atoms with Crippen LogP contribution in [0.4, 0.5) is 0 Å². The molecule has 96 valence electrons. The Morgan fingerprint density at radius 1 is 1.29 bits per heavy atom. The summed E-state index contributed by atoms with van der Waals surface area (Å²) in [5.74, 6) is -1.67. The van der Waals surface area contributed by atoms with E-state index in [1.807, 2.05) is 0 Å². The predicted molar refractivity (Wildman–Crippen MR) is 60.3 cm³/mol. The highest BCUT2D eigenvalue weighted by molar-refractivity contribution is 5.86. The normalized spacial score (nSPS) is 9.47. The number of carbonyl (C=O) groups is 3. The number of nitrogens with one attached hydrogen (secondary N) is 1. The van der Waals surface area contributed by atoms with Gasteiger partial charge < -0.3 is 15.2 Å². The molecule has 1 amide bonds. The zero-order valence-corrected chi connectivity index (χ0v) is 9.82. The van der Waals surface area contributed by atoms with Gasteiger partial charge in [-0.1, -0.05) is 6.58 Å². The largest absolute Gasteiger partial charge is 0.481 e. The number of carbonyl (C=O) groups excluding carboxylic acids is 2. The van der Waals surface area contributed by atoms with Crippen LogP contribution >= 0.6 is 0 Å². The number of hydrogen-bond acceptors (Lipinski definition) is 4. The minimum absolute atomic E-state index is 0.0297. The average molecular weight is 243 g/mol. The SMILES string of the molecule is C=C(C)C(=O)OCCNC(=O)CCCC(=O)O. The standard InChI is InChI=1S/C11H17NO5/c1-8(2)11(16)17-7-6-12-9(13)4-3-5-10(14)15/h1,3-7H2,2H3,(H,12,13)(H,14,15). The maximum absolute atomic E-state index is 11.1. The van der Waals surface area contributed by atoms with Gasteiger partial charge in [-0.2, -0.15) is 0 Å². The molecule has 0 saturated carbocycles. The van der Waals surface area contributed by atoms with Crippen LogP contribution in [0.3, 0.4) is 0 Å². The summed E-state index contributed by atoms with van der Waals surface area (Å²) in [6, 6.07) is 0. The molecule has 0 aliphatic heterocycles. The summed E-state index contributed by atoms with van der Waals surface area (Å²) in [6.45, 7) is 5.24. The fourth-order valence-corrected chi connectivity index (χ4v) is 0.946. The first-order chi connectivity index (χ1) is 7.93. The van der Waals surface area contributed by atoms with Crippen LogP contribution in [0.2, 0.25) is 0 Å². The van der Waals surface area contributed by atoms with Crippen molar-refractivity contribution in [2.45, 2.75) is 26.2 Å². The fourth-order valence-electron chi connectivity index (χ4n) is 0.946. The van der Waals surface area contributed by atoms with Crippen molar-refractivity contribution < 1.29 is 24.2 Å². The Morgan fingerprint density at radius 2 is 1.94 bits per heavy atom. The number of esters is 1. The second kappa shape index (κ2) is 8.32. The van der Waals surface area contributed by atoms with E-state index in [4.69, 9.17) is 9.84 Å². The number of amides is 1. The molecule has 0 aromatic rings. The lowest BCUT2D eigenvalue weighted by atomic mass is 10.2.